The topological polar surface area (TPSA) is 49.3 Å². The van der Waals surface area contributed by atoms with E-state index < -0.39 is 11.5 Å². The molecule has 116 valence electrons. The van der Waals surface area contributed by atoms with E-state index in [0.29, 0.717) is 18.8 Å². The predicted octanol–water partition coefficient (Wildman–Crippen LogP) is 4.47. The molecule has 0 bridgehead atoms. The third-order valence-electron chi connectivity index (χ3n) is 4.91. The summed E-state index contributed by atoms with van der Waals surface area (Å²) < 4.78 is 0. The van der Waals surface area contributed by atoms with Gasteiger partial charge in [0.05, 0.1) is 0 Å². The summed E-state index contributed by atoms with van der Waals surface area (Å²) in [4.78, 5) is 11.8. The third-order valence-corrected chi connectivity index (χ3v) is 4.91. The van der Waals surface area contributed by atoms with Gasteiger partial charge in [0.15, 0.2) is 0 Å². The highest BCUT2D eigenvalue weighted by Crippen LogP contribution is 2.42. The van der Waals surface area contributed by atoms with Crippen LogP contribution in [-0.4, -0.2) is 16.6 Å². The van der Waals surface area contributed by atoms with Crippen LogP contribution in [0, 0.1) is 18.3 Å². The van der Waals surface area contributed by atoms with Crippen molar-refractivity contribution in [2.75, 3.05) is 5.32 Å². The molecule has 1 aromatic rings. The molecule has 1 saturated carbocycles. The minimum Gasteiger partial charge on any atom is -0.480 e. The predicted molar refractivity (Wildman–Crippen MR) is 86.6 cm³/mol. The fourth-order valence-corrected chi connectivity index (χ4v) is 3.28. The standard InChI is InChI=1S/C18H27NO2/c1-13-5-7-15(8-6-13)19-18(16(20)21)11-9-14(10-12-18)17(2,3)4/h5-8,14,19H,9-12H2,1-4H3,(H,20,21). The van der Waals surface area contributed by atoms with Gasteiger partial charge in [-0.3, -0.25) is 0 Å². The molecular formula is C18H27NO2. The van der Waals surface area contributed by atoms with Crippen LogP contribution < -0.4 is 5.32 Å². The number of hydrogen-bond acceptors (Lipinski definition) is 2. The maximum absolute atomic E-state index is 11.8. The Hall–Kier alpha value is -1.51. The Morgan fingerprint density at radius 3 is 2.14 bits per heavy atom. The number of rotatable bonds is 3. The molecule has 2 N–H and O–H groups in total. The van der Waals surface area contributed by atoms with Crippen LogP contribution >= 0.6 is 0 Å². The first-order valence-corrected chi connectivity index (χ1v) is 7.81. The van der Waals surface area contributed by atoms with Crippen molar-refractivity contribution in [3.8, 4) is 0 Å². The number of carbonyl (C=O) groups is 1. The van der Waals surface area contributed by atoms with Crippen LogP contribution in [0.25, 0.3) is 0 Å². The molecule has 1 aromatic carbocycles. The molecule has 21 heavy (non-hydrogen) atoms. The monoisotopic (exact) mass is 289 g/mol. The molecule has 1 fully saturated rings. The van der Waals surface area contributed by atoms with Gasteiger partial charge in [-0.2, -0.15) is 0 Å². The normalized spacial score (nSPS) is 26.4. The van der Waals surface area contributed by atoms with E-state index in [0.717, 1.165) is 18.5 Å². The number of anilines is 1. The molecule has 1 aliphatic rings. The average molecular weight is 289 g/mol. The van der Waals surface area contributed by atoms with Gasteiger partial charge in [0.1, 0.15) is 5.54 Å². The van der Waals surface area contributed by atoms with Gasteiger partial charge in [0.25, 0.3) is 0 Å². The summed E-state index contributed by atoms with van der Waals surface area (Å²) >= 11 is 0. The number of aryl methyl sites for hydroxylation is 1. The highest BCUT2D eigenvalue weighted by atomic mass is 16.4. The minimum absolute atomic E-state index is 0.258. The molecule has 0 heterocycles. The lowest BCUT2D eigenvalue weighted by Gasteiger charge is -2.42. The van der Waals surface area contributed by atoms with Gasteiger partial charge < -0.3 is 10.4 Å². The number of nitrogens with one attached hydrogen (secondary N) is 1. The van der Waals surface area contributed by atoms with Crippen LogP contribution in [-0.2, 0) is 4.79 Å². The molecular weight excluding hydrogens is 262 g/mol. The molecule has 0 aliphatic heterocycles. The zero-order valence-electron chi connectivity index (χ0n) is 13.6. The van der Waals surface area contributed by atoms with E-state index in [4.69, 9.17) is 0 Å². The largest absolute Gasteiger partial charge is 0.480 e. The van der Waals surface area contributed by atoms with Crippen molar-refractivity contribution in [2.24, 2.45) is 11.3 Å². The summed E-state index contributed by atoms with van der Waals surface area (Å²) in [5.41, 5.74) is 1.53. The van der Waals surface area contributed by atoms with Crippen molar-refractivity contribution in [1.82, 2.24) is 0 Å². The number of carboxylic acid groups (broad SMARTS) is 1. The second kappa shape index (κ2) is 5.70. The first-order valence-electron chi connectivity index (χ1n) is 7.81. The number of benzene rings is 1. The van der Waals surface area contributed by atoms with Crippen molar-refractivity contribution < 1.29 is 9.90 Å². The first kappa shape index (κ1) is 15.9. The van der Waals surface area contributed by atoms with E-state index in [2.05, 4.69) is 26.1 Å². The number of aliphatic carboxylic acids is 1. The fraction of sp³-hybridized carbons (Fsp3) is 0.611. The molecule has 0 amide bonds. The van der Waals surface area contributed by atoms with Crippen molar-refractivity contribution in [1.29, 1.82) is 0 Å². The van der Waals surface area contributed by atoms with Gasteiger partial charge in [0, 0.05) is 5.69 Å². The van der Waals surface area contributed by atoms with Crippen molar-refractivity contribution in [3.63, 3.8) is 0 Å². The molecule has 0 radical (unpaired) electrons. The second-order valence-corrected chi connectivity index (χ2v) is 7.52. The van der Waals surface area contributed by atoms with Crippen molar-refractivity contribution >= 4 is 11.7 Å². The third kappa shape index (κ3) is 3.58. The molecule has 0 spiro atoms. The maximum Gasteiger partial charge on any atom is 0.329 e. The first-order chi connectivity index (χ1) is 9.73. The van der Waals surface area contributed by atoms with Gasteiger partial charge in [-0.05, 0) is 56.1 Å². The molecule has 0 atom stereocenters. The Balaban J connectivity index is 2.13. The van der Waals surface area contributed by atoms with Crippen molar-refractivity contribution in [2.45, 2.75) is 58.9 Å². The second-order valence-electron chi connectivity index (χ2n) is 7.52. The van der Waals surface area contributed by atoms with E-state index in [1.165, 1.54) is 5.56 Å². The van der Waals surface area contributed by atoms with Gasteiger partial charge in [-0.1, -0.05) is 38.5 Å². The lowest BCUT2D eigenvalue weighted by molar-refractivity contribution is -0.144. The zero-order valence-corrected chi connectivity index (χ0v) is 13.6. The van der Waals surface area contributed by atoms with E-state index in [1.54, 1.807) is 0 Å². The van der Waals surface area contributed by atoms with Crippen LogP contribution in [0.2, 0.25) is 0 Å². The van der Waals surface area contributed by atoms with Crippen molar-refractivity contribution in [3.05, 3.63) is 29.8 Å². The molecule has 1 aliphatic carbocycles. The lowest BCUT2D eigenvalue weighted by atomic mass is 9.67. The van der Waals surface area contributed by atoms with Gasteiger partial charge in [-0.15, -0.1) is 0 Å². The Kier molecular flexibility index (Phi) is 4.31. The molecule has 3 nitrogen and oxygen atoms in total. The average Bonchev–Trinajstić information content (AvgIpc) is 2.41. The van der Waals surface area contributed by atoms with E-state index in [9.17, 15) is 9.90 Å². The summed E-state index contributed by atoms with van der Waals surface area (Å²) in [5.74, 6) is -0.125. The summed E-state index contributed by atoms with van der Waals surface area (Å²) in [6.45, 7) is 8.78. The summed E-state index contributed by atoms with van der Waals surface area (Å²) in [6, 6.07) is 7.96. The molecule has 2 rings (SSSR count). The molecule has 0 unspecified atom stereocenters. The lowest BCUT2D eigenvalue weighted by Crippen LogP contribution is -2.50. The summed E-state index contributed by atoms with van der Waals surface area (Å²) in [6.07, 6.45) is 3.32. The van der Waals surface area contributed by atoms with Crippen LogP contribution in [0.4, 0.5) is 5.69 Å². The Morgan fingerprint density at radius 2 is 1.71 bits per heavy atom. The SMILES string of the molecule is Cc1ccc(NC2(C(=O)O)CCC(C(C)(C)C)CC2)cc1. The van der Waals surface area contributed by atoms with Crippen LogP contribution in [0.15, 0.2) is 24.3 Å². The molecule has 0 aromatic heterocycles. The van der Waals surface area contributed by atoms with E-state index in [-0.39, 0.29) is 5.41 Å². The number of carboxylic acids is 1. The number of hydrogen-bond donors (Lipinski definition) is 2. The van der Waals surface area contributed by atoms with E-state index >= 15 is 0 Å². The Morgan fingerprint density at radius 1 is 1.19 bits per heavy atom. The highest BCUT2D eigenvalue weighted by molar-refractivity contribution is 5.83. The van der Waals surface area contributed by atoms with Gasteiger partial charge >= 0.3 is 5.97 Å². The zero-order chi connectivity index (χ0) is 15.7. The summed E-state index contributed by atoms with van der Waals surface area (Å²) in [5, 5.41) is 13.0. The Labute approximate surface area is 127 Å². The highest BCUT2D eigenvalue weighted by Gasteiger charge is 2.44. The van der Waals surface area contributed by atoms with Gasteiger partial charge in [0.2, 0.25) is 0 Å². The van der Waals surface area contributed by atoms with E-state index in [1.807, 2.05) is 31.2 Å². The quantitative estimate of drug-likeness (QED) is 0.863. The Bertz CT molecular complexity index is 491. The van der Waals surface area contributed by atoms with Gasteiger partial charge in [-0.25, -0.2) is 4.79 Å². The smallest absolute Gasteiger partial charge is 0.329 e. The minimum atomic E-state index is -0.809. The fourth-order valence-electron chi connectivity index (χ4n) is 3.28. The van der Waals surface area contributed by atoms with Crippen LogP contribution in [0.5, 0.6) is 0 Å². The maximum atomic E-state index is 11.8. The summed E-state index contributed by atoms with van der Waals surface area (Å²) in [7, 11) is 0. The van der Waals surface area contributed by atoms with Crippen LogP contribution in [0.1, 0.15) is 52.0 Å². The molecule has 3 heteroatoms. The van der Waals surface area contributed by atoms with Crippen LogP contribution in [0.3, 0.4) is 0 Å². The molecule has 0 saturated heterocycles.